The van der Waals surface area contributed by atoms with Gasteiger partial charge >= 0.3 is 6.61 Å². The number of alkyl halides is 2. The highest BCUT2D eigenvalue weighted by Gasteiger charge is 2.13. The molecule has 4 nitrogen and oxygen atoms in total. The van der Waals surface area contributed by atoms with Crippen LogP contribution in [-0.4, -0.2) is 16.4 Å². The average molecular weight is 295 g/mol. The number of aryl methyl sites for hydroxylation is 2. The predicted molar refractivity (Wildman–Crippen MR) is 76.3 cm³/mol. The quantitative estimate of drug-likeness (QED) is 0.891. The molecule has 1 aromatic carbocycles. The number of benzene rings is 1. The maximum Gasteiger partial charge on any atom is 0.387 e. The fourth-order valence-corrected chi connectivity index (χ4v) is 2.30. The molecule has 0 amide bonds. The third-order valence-corrected chi connectivity index (χ3v) is 3.23. The molecule has 0 bridgehead atoms. The van der Waals surface area contributed by atoms with Gasteiger partial charge in [-0.15, -0.1) is 0 Å². The molecule has 21 heavy (non-hydrogen) atoms. The van der Waals surface area contributed by atoms with Crippen LogP contribution in [0.3, 0.4) is 0 Å². The summed E-state index contributed by atoms with van der Waals surface area (Å²) in [4.78, 5) is 0. The molecule has 0 aliphatic rings. The van der Waals surface area contributed by atoms with Crippen LogP contribution in [0.25, 0.3) is 0 Å². The van der Waals surface area contributed by atoms with Gasteiger partial charge in [0.1, 0.15) is 5.75 Å². The summed E-state index contributed by atoms with van der Waals surface area (Å²) in [6.45, 7) is 1.88. The van der Waals surface area contributed by atoms with Gasteiger partial charge in [0.25, 0.3) is 0 Å². The fourth-order valence-electron chi connectivity index (χ4n) is 2.30. The maximum absolute atomic E-state index is 12.2. The molecule has 0 saturated carbocycles. The Kier molecular flexibility index (Phi) is 4.90. The van der Waals surface area contributed by atoms with Crippen LogP contribution in [-0.2, 0) is 13.0 Å². The van der Waals surface area contributed by atoms with E-state index in [1.54, 1.807) is 12.1 Å². The zero-order valence-electron chi connectivity index (χ0n) is 12.1. The van der Waals surface area contributed by atoms with Gasteiger partial charge in [0, 0.05) is 24.7 Å². The molecule has 1 atom stereocenters. The highest BCUT2D eigenvalue weighted by atomic mass is 19.3. The van der Waals surface area contributed by atoms with E-state index < -0.39 is 6.61 Å². The smallest absolute Gasteiger partial charge is 0.387 e. The molecule has 0 aliphatic carbocycles. The molecule has 0 spiro atoms. The van der Waals surface area contributed by atoms with Crippen molar-refractivity contribution in [1.29, 1.82) is 0 Å². The molecule has 0 aliphatic heterocycles. The van der Waals surface area contributed by atoms with Crippen molar-refractivity contribution in [2.24, 2.45) is 5.73 Å². The Morgan fingerprint density at radius 3 is 2.76 bits per heavy atom. The van der Waals surface area contributed by atoms with Crippen molar-refractivity contribution >= 4 is 0 Å². The molecule has 2 rings (SSSR count). The average Bonchev–Trinajstić information content (AvgIpc) is 2.78. The van der Waals surface area contributed by atoms with Crippen LogP contribution in [0, 0.1) is 6.92 Å². The zero-order chi connectivity index (χ0) is 15.4. The van der Waals surface area contributed by atoms with E-state index in [2.05, 4.69) is 9.84 Å². The number of nitrogens with zero attached hydrogens (tertiary/aromatic N) is 2. The van der Waals surface area contributed by atoms with Crippen molar-refractivity contribution in [3.8, 4) is 5.75 Å². The zero-order valence-corrected chi connectivity index (χ0v) is 12.1. The molecule has 2 aromatic rings. The lowest BCUT2D eigenvalue weighted by Gasteiger charge is -2.14. The molecular weight excluding hydrogens is 276 g/mol. The summed E-state index contributed by atoms with van der Waals surface area (Å²) in [6.07, 6.45) is 0.590. The second-order valence-corrected chi connectivity index (χ2v) is 4.85. The van der Waals surface area contributed by atoms with E-state index in [0.717, 1.165) is 23.5 Å². The number of nitrogens with two attached hydrogens (primary N) is 1. The third kappa shape index (κ3) is 4.01. The van der Waals surface area contributed by atoms with Gasteiger partial charge in [0.2, 0.25) is 0 Å². The second-order valence-electron chi connectivity index (χ2n) is 4.85. The lowest BCUT2D eigenvalue weighted by molar-refractivity contribution is -0.0499. The van der Waals surface area contributed by atoms with Gasteiger partial charge in [-0.05, 0) is 37.6 Å². The van der Waals surface area contributed by atoms with Gasteiger partial charge in [-0.2, -0.15) is 13.9 Å². The number of ether oxygens (including phenoxy) is 1. The van der Waals surface area contributed by atoms with Crippen molar-refractivity contribution in [2.75, 3.05) is 0 Å². The molecule has 2 N–H and O–H groups in total. The lowest BCUT2D eigenvalue weighted by Crippen LogP contribution is -2.16. The summed E-state index contributed by atoms with van der Waals surface area (Å²) in [7, 11) is 0. The third-order valence-electron chi connectivity index (χ3n) is 3.23. The van der Waals surface area contributed by atoms with Crippen LogP contribution in [0.4, 0.5) is 8.78 Å². The highest BCUT2D eigenvalue weighted by molar-refractivity contribution is 5.31. The minimum Gasteiger partial charge on any atom is -0.435 e. The predicted octanol–water partition coefficient (Wildman–Crippen LogP) is 3.06. The molecule has 6 heteroatoms. The van der Waals surface area contributed by atoms with E-state index in [1.165, 1.54) is 6.07 Å². The van der Waals surface area contributed by atoms with Crippen LogP contribution >= 0.6 is 0 Å². The Morgan fingerprint density at radius 1 is 1.33 bits per heavy atom. The van der Waals surface area contributed by atoms with E-state index in [4.69, 9.17) is 5.73 Å². The number of hydrogen-bond acceptors (Lipinski definition) is 3. The molecule has 0 saturated heterocycles. The Labute approximate surface area is 122 Å². The number of hydrogen-bond donors (Lipinski definition) is 1. The standard InChI is InChI=1S/C15H19F2N3O/c1-3-20-12(7-10(2)19-20)9-14(18)11-5-4-6-13(8-11)21-15(16)17/h4-8,14-15H,3,9,18H2,1-2H3. The van der Waals surface area contributed by atoms with Crippen LogP contribution in [0.5, 0.6) is 5.75 Å². The van der Waals surface area contributed by atoms with Gasteiger partial charge < -0.3 is 10.5 Å². The van der Waals surface area contributed by atoms with E-state index in [-0.39, 0.29) is 11.8 Å². The molecular formula is C15H19F2N3O. The van der Waals surface area contributed by atoms with Gasteiger partial charge in [-0.3, -0.25) is 4.68 Å². The first-order chi connectivity index (χ1) is 9.99. The van der Waals surface area contributed by atoms with Crippen LogP contribution in [0.2, 0.25) is 0 Å². The summed E-state index contributed by atoms with van der Waals surface area (Å²) in [5.41, 5.74) is 8.90. The Hall–Kier alpha value is -1.95. The van der Waals surface area contributed by atoms with E-state index in [9.17, 15) is 8.78 Å². The topological polar surface area (TPSA) is 53.1 Å². The number of halogens is 2. The molecule has 0 radical (unpaired) electrons. The Bertz CT molecular complexity index is 598. The van der Waals surface area contributed by atoms with Crippen LogP contribution < -0.4 is 10.5 Å². The first-order valence-electron chi connectivity index (χ1n) is 6.83. The monoisotopic (exact) mass is 295 g/mol. The largest absolute Gasteiger partial charge is 0.435 e. The number of aromatic nitrogens is 2. The van der Waals surface area contributed by atoms with Crippen molar-refractivity contribution < 1.29 is 13.5 Å². The van der Waals surface area contributed by atoms with Crippen molar-refractivity contribution in [3.63, 3.8) is 0 Å². The van der Waals surface area contributed by atoms with E-state index >= 15 is 0 Å². The minimum atomic E-state index is -2.83. The van der Waals surface area contributed by atoms with Gasteiger partial charge in [-0.1, -0.05) is 12.1 Å². The highest BCUT2D eigenvalue weighted by Crippen LogP contribution is 2.22. The first kappa shape index (κ1) is 15.4. The molecule has 1 unspecified atom stereocenters. The lowest BCUT2D eigenvalue weighted by atomic mass is 10.0. The van der Waals surface area contributed by atoms with Crippen molar-refractivity contribution in [2.45, 2.75) is 39.5 Å². The molecule has 1 heterocycles. The van der Waals surface area contributed by atoms with Gasteiger partial charge in [0.05, 0.1) is 5.69 Å². The van der Waals surface area contributed by atoms with Crippen LogP contribution in [0.15, 0.2) is 30.3 Å². The van der Waals surface area contributed by atoms with Crippen molar-refractivity contribution in [1.82, 2.24) is 9.78 Å². The first-order valence-corrected chi connectivity index (χ1v) is 6.83. The minimum absolute atomic E-state index is 0.123. The van der Waals surface area contributed by atoms with Gasteiger partial charge in [0.15, 0.2) is 0 Å². The number of rotatable bonds is 6. The maximum atomic E-state index is 12.2. The van der Waals surface area contributed by atoms with Crippen LogP contribution in [0.1, 0.15) is 29.9 Å². The summed E-state index contributed by atoms with van der Waals surface area (Å²) in [6, 6.07) is 8.20. The molecule has 0 fully saturated rings. The molecule has 1 aromatic heterocycles. The fraction of sp³-hybridized carbons (Fsp3) is 0.400. The summed E-state index contributed by atoms with van der Waals surface area (Å²) >= 11 is 0. The van der Waals surface area contributed by atoms with Gasteiger partial charge in [-0.25, -0.2) is 0 Å². The van der Waals surface area contributed by atoms with E-state index in [0.29, 0.717) is 6.42 Å². The Balaban J connectivity index is 2.14. The SMILES string of the molecule is CCn1nc(C)cc1CC(N)c1cccc(OC(F)F)c1. The second kappa shape index (κ2) is 6.67. The summed E-state index contributed by atoms with van der Waals surface area (Å²) in [5.74, 6) is 0.123. The Morgan fingerprint density at radius 2 is 2.10 bits per heavy atom. The summed E-state index contributed by atoms with van der Waals surface area (Å²) in [5, 5.41) is 4.37. The van der Waals surface area contributed by atoms with Crippen molar-refractivity contribution in [3.05, 3.63) is 47.3 Å². The van der Waals surface area contributed by atoms with E-state index in [1.807, 2.05) is 30.7 Å². The summed E-state index contributed by atoms with van der Waals surface area (Å²) < 4.78 is 30.8. The normalized spacial score (nSPS) is 12.7. The molecule has 114 valence electrons.